The van der Waals surface area contributed by atoms with E-state index in [2.05, 4.69) is 20.8 Å². The molecule has 6 nitrogen and oxygen atoms in total. The predicted molar refractivity (Wildman–Crippen MR) is 92.1 cm³/mol. The zero-order valence-corrected chi connectivity index (χ0v) is 14.3. The van der Waals surface area contributed by atoms with Gasteiger partial charge in [0.25, 0.3) is 0 Å². The number of piperidine rings is 1. The molecule has 2 aliphatic heterocycles. The number of halogens is 1. The van der Waals surface area contributed by atoms with Crippen molar-refractivity contribution in [3.05, 3.63) is 11.8 Å². The number of nitrogens with zero attached hydrogens (tertiary/aromatic N) is 1. The third-order valence-corrected chi connectivity index (χ3v) is 4.76. The Kier molecular flexibility index (Phi) is 7.33. The fraction of sp³-hybridized carbons (Fsp3) is 0.750. The number of hydrogen-bond donors (Lipinski definition) is 3. The number of aromatic amines is 1. The van der Waals surface area contributed by atoms with Crippen LogP contribution >= 0.6 is 12.4 Å². The van der Waals surface area contributed by atoms with Crippen LogP contribution in [-0.2, 0) is 9.53 Å². The molecule has 1 aromatic heterocycles. The van der Waals surface area contributed by atoms with Crippen molar-refractivity contribution in [2.45, 2.75) is 44.4 Å². The molecule has 2 fully saturated rings. The molecule has 1 amide bonds. The molecular formula is C16H27ClN4O2. The summed E-state index contributed by atoms with van der Waals surface area (Å²) in [5.41, 5.74) is 1.11. The number of H-pyrrole nitrogens is 1. The minimum atomic E-state index is 0. The summed E-state index contributed by atoms with van der Waals surface area (Å²) in [5, 5.41) is 13.5. The van der Waals surface area contributed by atoms with Crippen LogP contribution in [0.1, 0.15) is 50.1 Å². The van der Waals surface area contributed by atoms with Crippen LogP contribution in [0.4, 0.5) is 5.82 Å². The second-order valence-corrected chi connectivity index (χ2v) is 6.38. The molecular weight excluding hydrogens is 316 g/mol. The molecule has 3 rings (SSSR count). The van der Waals surface area contributed by atoms with E-state index in [-0.39, 0.29) is 18.3 Å². The molecule has 0 radical (unpaired) electrons. The van der Waals surface area contributed by atoms with Gasteiger partial charge in [0.05, 0.1) is 0 Å². The first-order valence-corrected chi connectivity index (χ1v) is 8.45. The Hall–Kier alpha value is -1.11. The van der Waals surface area contributed by atoms with Crippen LogP contribution in [0.15, 0.2) is 6.07 Å². The molecule has 0 aliphatic carbocycles. The standard InChI is InChI=1S/C16H26N4O2.ClH/c21-16(2-1-12-3-7-17-8-4-12)18-15-11-14(19-20-15)13-5-9-22-10-6-13;/h11-13,17H,1-10H2,(H2,18,19,20,21);1H. The molecule has 1 aromatic rings. The number of carbonyl (C=O) groups is 1. The average molecular weight is 343 g/mol. The zero-order chi connectivity index (χ0) is 15.2. The number of anilines is 1. The minimum Gasteiger partial charge on any atom is -0.381 e. The number of amides is 1. The Morgan fingerprint density at radius 2 is 2.00 bits per heavy atom. The van der Waals surface area contributed by atoms with Crippen LogP contribution in [0.25, 0.3) is 0 Å². The molecule has 3 N–H and O–H groups in total. The normalized spacial score (nSPS) is 20.0. The molecule has 0 atom stereocenters. The van der Waals surface area contributed by atoms with Gasteiger partial charge in [-0.25, -0.2) is 0 Å². The largest absolute Gasteiger partial charge is 0.381 e. The Morgan fingerprint density at radius 1 is 1.26 bits per heavy atom. The summed E-state index contributed by atoms with van der Waals surface area (Å²) in [6.07, 6.45) is 5.97. The first-order chi connectivity index (χ1) is 10.8. The molecule has 23 heavy (non-hydrogen) atoms. The van der Waals surface area contributed by atoms with Gasteiger partial charge >= 0.3 is 0 Å². The van der Waals surface area contributed by atoms with Crippen molar-refractivity contribution in [1.29, 1.82) is 0 Å². The van der Waals surface area contributed by atoms with E-state index in [0.717, 1.165) is 51.3 Å². The zero-order valence-electron chi connectivity index (χ0n) is 13.5. The van der Waals surface area contributed by atoms with E-state index in [1.165, 1.54) is 12.8 Å². The lowest BCUT2D eigenvalue weighted by Crippen LogP contribution is -2.28. The third-order valence-electron chi connectivity index (χ3n) is 4.76. The molecule has 0 aromatic carbocycles. The van der Waals surface area contributed by atoms with Gasteiger partial charge in [0.2, 0.25) is 5.91 Å². The number of ether oxygens (including phenoxy) is 1. The van der Waals surface area contributed by atoms with Crippen LogP contribution in [0.5, 0.6) is 0 Å². The van der Waals surface area contributed by atoms with Crippen LogP contribution < -0.4 is 10.6 Å². The quantitative estimate of drug-likeness (QED) is 0.768. The lowest BCUT2D eigenvalue weighted by Gasteiger charge is -2.22. The van der Waals surface area contributed by atoms with Crippen molar-refractivity contribution in [2.24, 2.45) is 5.92 Å². The van der Waals surface area contributed by atoms with E-state index < -0.39 is 0 Å². The van der Waals surface area contributed by atoms with E-state index in [9.17, 15) is 4.79 Å². The minimum absolute atomic E-state index is 0. The molecule has 2 saturated heterocycles. The first kappa shape index (κ1) is 18.2. The SMILES string of the molecule is Cl.O=C(CCC1CCNCC1)Nc1cc(C2CCOCC2)[nH]n1. The van der Waals surface area contributed by atoms with Gasteiger partial charge in [-0.3, -0.25) is 9.89 Å². The average Bonchev–Trinajstić information content (AvgIpc) is 3.03. The number of carbonyl (C=O) groups excluding carboxylic acids is 1. The summed E-state index contributed by atoms with van der Waals surface area (Å²) in [6.45, 7) is 3.78. The van der Waals surface area contributed by atoms with Crippen molar-refractivity contribution < 1.29 is 9.53 Å². The highest BCUT2D eigenvalue weighted by Gasteiger charge is 2.19. The van der Waals surface area contributed by atoms with E-state index >= 15 is 0 Å². The highest BCUT2D eigenvalue weighted by molar-refractivity contribution is 5.89. The van der Waals surface area contributed by atoms with Gasteiger partial charge in [0.1, 0.15) is 0 Å². The molecule has 2 aliphatic rings. The molecule has 0 bridgehead atoms. The van der Waals surface area contributed by atoms with E-state index in [4.69, 9.17) is 4.74 Å². The lowest BCUT2D eigenvalue weighted by atomic mass is 9.93. The Bertz CT molecular complexity index is 482. The van der Waals surface area contributed by atoms with Gasteiger partial charge in [-0.15, -0.1) is 12.4 Å². The molecule has 0 saturated carbocycles. The summed E-state index contributed by atoms with van der Waals surface area (Å²) in [7, 11) is 0. The van der Waals surface area contributed by atoms with Crippen LogP contribution in [-0.4, -0.2) is 42.4 Å². The van der Waals surface area contributed by atoms with Gasteiger partial charge in [-0.05, 0) is 51.1 Å². The fourth-order valence-corrected chi connectivity index (χ4v) is 3.33. The topological polar surface area (TPSA) is 79.0 Å². The molecule has 0 unspecified atom stereocenters. The second-order valence-electron chi connectivity index (χ2n) is 6.38. The maximum atomic E-state index is 12.0. The summed E-state index contributed by atoms with van der Waals surface area (Å²) in [5.74, 6) is 1.88. The smallest absolute Gasteiger partial charge is 0.225 e. The van der Waals surface area contributed by atoms with Crippen LogP contribution in [0.3, 0.4) is 0 Å². The molecule has 0 spiro atoms. The highest BCUT2D eigenvalue weighted by atomic mass is 35.5. The van der Waals surface area contributed by atoms with E-state index in [1.54, 1.807) is 0 Å². The Morgan fingerprint density at radius 3 is 2.74 bits per heavy atom. The van der Waals surface area contributed by atoms with Gasteiger partial charge in [0.15, 0.2) is 5.82 Å². The van der Waals surface area contributed by atoms with Gasteiger partial charge in [0, 0.05) is 37.3 Å². The third kappa shape index (κ3) is 5.48. The molecule has 130 valence electrons. The van der Waals surface area contributed by atoms with Crippen LogP contribution in [0, 0.1) is 5.92 Å². The van der Waals surface area contributed by atoms with E-state index in [1.807, 2.05) is 6.07 Å². The Labute approximate surface area is 143 Å². The van der Waals surface area contributed by atoms with Crippen molar-refractivity contribution in [1.82, 2.24) is 15.5 Å². The summed E-state index contributed by atoms with van der Waals surface area (Å²) >= 11 is 0. The molecule has 3 heterocycles. The predicted octanol–water partition coefficient (Wildman–Crippen LogP) is 2.44. The highest BCUT2D eigenvalue weighted by Crippen LogP contribution is 2.26. The molecule has 7 heteroatoms. The number of hydrogen-bond acceptors (Lipinski definition) is 4. The van der Waals surface area contributed by atoms with Crippen molar-refractivity contribution >= 4 is 24.1 Å². The maximum absolute atomic E-state index is 12.0. The first-order valence-electron chi connectivity index (χ1n) is 8.45. The number of aromatic nitrogens is 2. The summed E-state index contributed by atoms with van der Waals surface area (Å²) in [4.78, 5) is 12.0. The van der Waals surface area contributed by atoms with Crippen LogP contribution in [0.2, 0.25) is 0 Å². The van der Waals surface area contributed by atoms with Crippen molar-refractivity contribution in [3.8, 4) is 0 Å². The Balaban J connectivity index is 0.00000192. The maximum Gasteiger partial charge on any atom is 0.225 e. The van der Waals surface area contributed by atoms with Gasteiger partial charge < -0.3 is 15.4 Å². The summed E-state index contributed by atoms with van der Waals surface area (Å²) in [6, 6.07) is 1.97. The van der Waals surface area contributed by atoms with Crippen molar-refractivity contribution in [2.75, 3.05) is 31.6 Å². The summed E-state index contributed by atoms with van der Waals surface area (Å²) < 4.78 is 5.37. The lowest BCUT2D eigenvalue weighted by molar-refractivity contribution is -0.116. The second kappa shape index (κ2) is 9.25. The number of rotatable bonds is 5. The number of nitrogens with one attached hydrogen (secondary N) is 3. The van der Waals surface area contributed by atoms with Gasteiger partial charge in [-0.2, -0.15) is 5.10 Å². The van der Waals surface area contributed by atoms with E-state index in [0.29, 0.717) is 24.1 Å². The fourth-order valence-electron chi connectivity index (χ4n) is 3.33. The monoisotopic (exact) mass is 342 g/mol. The van der Waals surface area contributed by atoms with Crippen molar-refractivity contribution in [3.63, 3.8) is 0 Å². The van der Waals surface area contributed by atoms with Gasteiger partial charge in [-0.1, -0.05) is 0 Å².